The van der Waals surface area contributed by atoms with Gasteiger partial charge in [0.15, 0.2) is 17.3 Å². The number of nitrogens with zero attached hydrogens (tertiary/aromatic N) is 9. The lowest BCUT2D eigenvalue weighted by molar-refractivity contribution is -0.119. The topological polar surface area (TPSA) is 155 Å². The molecule has 1 saturated heterocycles. The largest absolute Gasteiger partial charge is 0.486 e. The van der Waals surface area contributed by atoms with E-state index < -0.39 is 0 Å². The second-order valence-electron chi connectivity index (χ2n) is 23.3. The molecule has 0 N–H and O–H groups in total. The zero-order chi connectivity index (χ0) is 69.1. The second kappa shape index (κ2) is 37.2. The lowest BCUT2D eigenvalue weighted by atomic mass is 10.1. The van der Waals surface area contributed by atoms with Crippen molar-refractivity contribution in [2.45, 2.75) is 19.6 Å². The van der Waals surface area contributed by atoms with Crippen molar-refractivity contribution in [1.29, 1.82) is 0 Å². The van der Waals surface area contributed by atoms with Crippen LogP contribution in [-0.4, -0.2) is 138 Å². The summed E-state index contributed by atoms with van der Waals surface area (Å²) >= 11 is 4.97. The molecule has 7 heterocycles. The molecular formula is C79H83N9O8S3. The van der Waals surface area contributed by atoms with Crippen molar-refractivity contribution in [2.75, 3.05) is 135 Å². The summed E-state index contributed by atoms with van der Waals surface area (Å²) in [7, 11) is 12.0. The number of carbonyl (C=O) groups excluding carboxylic acids is 3. The van der Waals surface area contributed by atoms with Crippen molar-refractivity contribution in [3.63, 3.8) is 0 Å². The molecule has 0 unspecified atom stereocenters. The molecule has 0 atom stereocenters. The third-order valence-corrected chi connectivity index (χ3v) is 18.9. The summed E-state index contributed by atoms with van der Waals surface area (Å²) in [4.78, 5) is 68.4. The van der Waals surface area contributed by atoms with E-state index in [-0.39, 0.29) is 17.7 Å². The van der Waals surface area contributed by atoms with Gasteiger partial charge in [-0.15, -0.1) is 35.3 Å². The van der Waals surface area contributed by atoms with Gasteiger partial charge in [0.05, 0.1) is 80.6 Å². The Kier molecular flexibility index (Phi) is 27.0. The number of anilines is 6. The number of benzene rings is 6. The van der Waals surface area contributed by atoms with Crippen LogP contribution in [0.2, 0.25) is 0 Å². The van der Waals surface area contributed by atoms with Gasteiger partial charge in [0, 0.05) is 95.2 Å². The predicted molar refractivity (Wildman–Crippen MR) is 406 cm³/mol. The first kappa shape index (κ1) is 71.9. The van der Waals surface area contributed by atoms with Gasteiger partial charge in [-0.25, -0.2) is 15.0 Å². The van der Waals surface area contributed by atoms with Gasteiger partial charge >= 0.3 is 0 Å². The lowest BCUT2D eigenvalue weighted by Crippen LogP contribution is -2.34. The van der Waals surface area contributed by atoms with Crippen LogP contribution >= 0.6 is 35.3 Å². The van der Waals surface area contributed by atoms with Crippen molar-refractivity contribution < 1.29 is 38.1 Å². The van der Waals surface area contributed by atoms with Gasteiger partial charge in [0.1, 0.15) is 17.5 Å². The molecule has 0 saturated carbocycles. The Morgan fingerprint density at radius 2 is 0.576 bits per heavy atom. The highest BCUT2D eigenvalue weighted by atomic mass is 32.2. The van der Waals surface area contributed by atoms with Crippen molar-refractivity contribution >= 4 is 102 Å². The molecule has 3 amide bonds. The Morgan fingerprint density at radius 1 is 0.323 bits per heavy atom. The van der Waals surface area contributed by atoms with Gasteiger partial charge in [-0.3, -0.25) is 29.1 Å². The van der Waals surface area contributed by atoms with E-state index >= 15 is 0 Å². The summed E-state index contributed by atoms with van der Waals surface area (Å²) in [5.74, 6) is 4.87. The molecule has 1 fully saturated rings. The van der Waals surface area contributed by atoms with Crippen LogP contribution < -0.4 is 29.4 Å². The van der Waals surface area contributed by atoms with Crippen LogP contribution in [0.4, 0.5) is 34.5 Å². The number of thioether (sulfide) groups is 3. The van der Waals surface area contributed by atoms with Crippen LogP contribution in [0.3, 0.4) is 0 Å². The standard InChI is InChI=1S/3C25H25N3O2S.C4H8O2/c3*1-27(2)21-13-11-19(12-14-21)18-28(22-10-6-7-15-26-22)25(29)23-24(31-17-16-30-23)20-8-4-3-5-9-20;1-2-6-4-3-5-1/h3*3-15H,16-18H2,1-2H3;1-4H2. The molecule has 0 aliphatic carbocycles. The quantitative estimate of drug-likeness (QED) is 0.0799. The number of carbonyl (C=O) groups is 3. The molecule has 99 heavy (non-hydrogen) atoms. The summed E-state index contributed by atoms with van der Waals surface area (Å²) in [6, 6.07) is 71.2. The number of amides is 3. The van der Waals surface area contributed by atoms with E-state index in [2.05, 4.69) is 66.0 Å². The van der Waals surface area contributed by atoms with Gasteiger partial charge < -0.3 is 38.4 Å². The minimum atomic E-state index is -0.179. The van der Waals surface area contributed by atoms with Gasteiger partial charge in [0.2, 0.25) is 0 Å². The summed E-state index contributed by atoms with van der Waals surface area (Å²) in [5.41, 5.74) is 9.38. The maximum atomic E-state index is 13.7. The van der Waals surface area contributed by atoms with Crippen molar-refractivity contribution in [3.05, 3.63) is 288 Å². The number of pyridine rings is 3. The third kappa shape index (κ3) is 20.4. The van der Waals surface area contributed by atoms with E-state index in [0.29, 0.717) is 74.2 Å². The van der Waals surface area contributed by atoms with E-state index in [1.807, 2.05) is 224 Å². The first-order valence-electron chi connectivity index (χ1n) is 32.7. The van der Waals surface area contributed by atoms with Crippen LogP contribution in [0.15, 0.2) is 254 Å². The van der Waals surface area contributed by atoms with Crippen LogP contribution in [0.25, 0.3) is 14.7 Å². The van der Waals surface area contributed by atoms with Crippen LogP contribution in [-0.2, 0) is 57.7 Å². The van der Waals surface area contributed by atoms with Crippen LogP contribution in [0.1, 0.15) is 33.4 Å². The number of aromatic nitrogens is 3. The first-order valence-corrected chi connectivity index (χ1v) is 35.6. The number of ether oxygens (including phenoxy) is 5. The maximum absolute atomic E-state index is 13.7. The number of rotatable bonds is 18. The molecule has 4 aliphatic rings. The smallest absolute Gasteiger partial charge is 0.296 e. The molecule has 9 aromatic rings. The molecule has 13 rings (SSSR count). The zero-order valence-electron chi connectivity index (χ0n) is 56.7. The molecule has 510 valence electrons. The fourth-order valence-electron chi connectivity index (χ4n) is 10.5. The molecule has 0 radical (unpaired) electrons. The Bertz CT molecular complexity index is 3680. The minimum absolute atomic E-state index is 0.179. The molecule has 0 spiro atoms. The maximum Gasteiger partial charge on any atom is 0.296 e. The highest BCUT2D eigenvalue weighted by Crippen LogP contribution is 2.39. The zero-order valence-corrected chi connectivity index (χ0v) is 59.2. The van der Waals surface area contributed by atoms with Gasteiger partial charge in [-0.2, -0.15) is 0 Å². The average Bonchev–Trinajstić information content (AvgIpc) is 0.907. The fourth-order valence-corrected chi connectivity index (χ4v) is 13.4. The van der Waals surface area contributed by atoms with Crippen molar-refractivity contribution in [2.24, 2.45) is 0 Å². The predicted octanol–water partition coefficient (Wildman–Crippen LogP) is 14.5. The summed E-state index contributed by atoms with van der Waals surface area (Å²) in [6.45, 7) is 5.86. The molecule has 4 aliphatic heterocycles. The van der Waals surface area contributed by atoms with Gasteiger partial charge in [-0.05, 0) is 106 Å². The number of hydrogen-bond acceptors (Lipinski definition) is 17. The van der Waals surface area contributed by atoms with Crippen LogP contribution in [0.5, 0.6) is 0 Å². The molecule has 6 aromatic carbocycles. The highest BCUT2D eigenvalue weighted by Gasteiger charge is 2.32. The first-order chi connectivity index (χ1) is 48.4. The Morgan fingerprint density at radius 3 is 0.798 bits per heavy atom. The Balaban J connectivity index is 0.000000154. The van der Waals surface area contributed by atoms with E-state index in [0.717, 1.165) is 109 Å². The third-order valence-electron chi connectivity index (χ3n) is 15.7. The molecule has 17 nitrogen and oxygen atoms in total. The summed E-state index contributed by atoms with van der Waals surface area (Å²) in [5, 5.41) is 0. The summed E-state index contributed by atoms with van der Waals surface area (Å²) < 4.78 is 27.7. The summed E-state index contributed by atoms with van der Waals surface area (Å²) in [6.07, 6.45) is 5.11. The molecule has 0 bridgehead atoms. The van der Waals surface area contributed by atoms with Crippen molar-refractivity contribution in [3.8, 4) is 0 Å². The van der Waals surface area contributed by atoms with Gasteiger partial charge in [-0.1, -0.05) is 146 Å². The fraction of sp³-hybridized carbons (Fsp3) is 0.241. The molecule has 3 aromatic heterocycles. The van der Waals surface area contributed by atoms with Gasteiger partial charge in [0.25, 0.3) is 17.7 Å². The van der Waals surface area contributed by atoms with E-state index in [1.54, 1.807) is 68.6 Å². The molecular weight excluding hydrogens is 1300 g/mol. The average molecular weight is 1380 g/mol. The second-order valence-corrected chi connectivity index (χ2v) is 26.6. The Labute approximate surface area is 594 Å². The van der Waals surface area contributed by atoms with E-state index in [9.17, 15) is 14.4 Å². The normalized spacial score (nSPS) is 14.1. The minimum Gasteiger partial charge on any atom is -0.486 e. The molecule has 20 heteroatoms. The monoisotopic (exact) mass is 1380 g/mol. The lowest BCUT2D eigenvalue weighted by Gasteiger charge is -2.27. The highest BCUT2D eigenvalue weighted by molar-refractivity contribution is 8.09. The van der Waals surface area contributed by atoms with Crippen LogP contribution in [0, 0.1) is 0 Å². The number of hydrogen-bond donors (Lipinski definition) is 0. The van der Waals surface area contributed by atoms with E-state index in [4.69, 9.17) is 23.7 Å². The van der Waals surface area contributed by atoms with E-state index in [1.165, 1.54) is 0 Å². The van der Waals surface area contributed by atoms with Crippen molar-refractivity contribution in [1.82, 2.24) is 15.0 Å². The SMILES string of the molecule is C1COCCO1.CN(C)c1ccc(CN(C(=O)C2=C(c3ccccc3)SCCO2)c2ccccn2)cc1.CN(C)c1ccc(CN(C(=O)C2=C(c3ccccc3)SCCO2)c2ccccn2)cc1.CN(C)c1ccc(CN(C(=O)C2=C(c3ccccc3)SCCO2)c2ccccn2)cc1. The Hall–Kier alpha value is -9.83.